The fourth-order valence-corrected chi connectivity index (χ4v) is 4.34. The molecule has 2 aromatic heterocycles. The first-order chi connectivity index (χ1) is 12.7. The molecule has 2 atom stereocenters. The Morgan fingerprint density at radius 1 is 1.27 bits per heavy atom. The van der Waals surface area contributed by atoms with Crippen LogP contribution in [0.15, 0.2) is 12.3 Å². The topological polar surface area (TPSA) is 79.7 Å². The fraction of sp³-hybridized carbons (Fsp3) is 0.684. The highest BCUT2D eigenvalue weighted by molar-refractivity contribution is 5.77. The van der Waals surface area contributed by atoms with E-state index in [-0.39, 0.29) is 5.91 Å². The van der Waals surface area contributed by atoms with Gasteiger partial charge in [-0.15, -0.1) is 0 Å². The summed E-state index contributed by atoms with van der Waals surface area (Å²) >= 11 is 0. The van der Waals surface area contributed by atoms with Crippen molar-refractivity contribution in [3.8, 4) is 0 Å². The van der Waals surface area contributed by atoms with Gasteiger partial charge in [0.1, 0.15) is 5.82 Å². The number of nitrogens with one attached hydrogen (secondary N) is 1. The minimum absolute atomic E-state index is 0.251. The smallest absolute Gasteiger partial charge is 0.222 e. The maximum Gasteiger partial charge on any atom is 0.222 e. The molecule has 138 valence electrons. The summed E-state index contributed by atoms with van der Waals surface area (Å²) in [6, 6.07) is 1.99. The third-order valence-electron chi connectivity index (χ3n) is 6.28. The van der Waals surface area contributed by atoms with Gasteiger partial charge in [-0.2, -0.15) is 10.2 Å². The Labute approximate surface area is 153 Å². The van der Waals surface area contributed by atoms with Crippen LogP contribution in [-0.4, -0.2) is 48.9 Å². The van der Waals surface area contributed by atoms with Crippen molar-refractivity contribution in [3.05, 3.63) is 29.6 Å². The van der Waals surface area contributed by atoms with Gasteiger partial charge >= 0.3 is 0 Å². The molecule has 2 aliphatic carbocycles. The maximum absolute atomic E-state index is 12.8. The van der Waals surface area contributed by atoms with Gasteiger partial charge in [0.05, 0.1) is 0 Å². The molecule has 1 amide bonds. The largest absolute Gasteiger partial charge is 0.342 e. The number of hydrogen-bond donors (Lipinski definition) is 1. The number of carbonyl (C=O) groups excluding carboxylic acids is 1. The van der Waals surface area contributed by atoms with Crippen molar-refractivity contribution >= 4 is 5.91 Å². The van der Waals surface area contributed by atoms with Crippen LogP contribution in [-0.2, 0) is 18.3 Å². The predicted octanol–water partition coefficient (Wildman–Crippen LogP) is 2.00. The van der Waals surface area contributed by atoms with Crippen LogP contribution in [0, 0.1) is 11.8 Å². The quantitative estimate of drug-likeness (QED) is 0.860. The van der Waals surface area contributed by atoms with Gasteiger partial charge in [0.15, 0.2) is 5.82 Å². The van der Waals surface area contributed by atoms with E-state index in [9.17, 15) is 4.79 Å². The van der Waals surface area contributed by atoms with Gasteiger partial charge in [-0.3, -0.25) is 14.6 Å². The predicted molar refractivity (Wildman–Crippen MR) is 95.4 cm³/mol. The minimum Gasteiger partial charge on any atom is -0.342 e. The second-order valence-corrected chi connectivity index (χ2v) is 8.21. The SMILES string of the molecule is Cn1nccc1CCC(=O)N1C[C@H](c2nc(C3CC3)n[nH]2)[C@@H](C2CC2)C1. The molecule has 0 bridgehead atoms. The average Bonchev–Trinajstić information content (AvgIpc) is 3.54. The van der Waals surface area contributed by atoms with Gasteiger partial charge < -0.3 is 4.90 Å². The number of likely N-dealkylation sites (tertiary alicyclic amines) is 1. The molecule has 1 N–H and O–H groups in total. The number of aromatic amines is 1. The summed E-state index contributed by atoms with van der Waals surface area (Å²) in [6.07, 6.45) is 8.10. The summed E-state index contributed by atoms with van der Waals surface area (Å²) in [5.74, 6) is 4.42. The Balaban J connectivity index is 1.26. The second kappa shape index (κ2) is 6.21. The lowest BCUT2D eigenvalue weighted by atomic mass is 9.91. The summed E-state index contributed by atoms with van der Waals surface area (Å²) in [7, 11) is 1.93. The van der Waals surface area contributed by atoms with Crippen LogP contribution < -0.4 is 0 Å². The molecule has 1 saturated heterocycles. The molecule has 2 aromatic rings. The van der Waals surface area contributed by atoms with E-state index in [1.807, 2.05) is 17.8 Å². The summed E-state index contributed by atoms with van der Waals surface area (Å²) in [4.78, 5) is 19.6. The van der Waals surface area contributed by atoms with Crippen LogP contribution in [0.4, 0.5) is 0 Å². The van der Waals surface area contributed by atoms with Crippen molar-refractivity contribution in [3.63, 3.8) is 0 Å². The van der Waals surface area contributed by atoms with E-state index >= 15 is 0 Å². The molecule has 0 radical (unpaired) electrons. The average molecular weight is 354 g/mol. The molecule has 1 aliphatic heterocycles. The molecule has 0 aromatic carbocycles. The standard InChI is InChI=1S/C19H26N6O/c1-24-14(8-9-20-24)6-7-17(26)25-10-15(12-2-3-12)16(11-25)19-21-18(22-23-19)13-4-5-13/h8-9,12-13,15-16H,2-7,10-11H2,1H3,(H,21,22,23)/t15-,16+/m1/s1. The van der Waals surface area contributed by atoms with Crippen LogP contribution in [0.2, 0.25) is 0 Å². The Hall–Kier alpha value is -2.18. The first-order valence-electron chi connectivity index (χ1n) is 9.86. The Morgan fingerprint density at radius 3 is 2.81 bits per heavy atom. The van der Waals surface area contributed by atoms with E-state index in [0.717, 1.165) is 42.8 Å². The summed E-state index contributed by atoms with van der Waals surface area (Å²) in [6.45, 7) is 1.66. The third-order valence-corrected chi connectivity index (χ3v) is 6.28. The lowest BCUT2D eigenvalue weighted by molar-refractivity contribution is -0.130. The summed E-state index contributed by atoms with van der Waals surface area (Å²) < 4.78 is 1.85. The Bertz CT molecular complexity index is 803. The molecule has 5 rings (SSSR count). The van der Waals surface area contributed by atoms with Gasteiger partial charge in [0, 0.05) is 50.3 Å². The second-order valence-electron chi connectivity index (χ2n) is 8.21. The van der Waals surface area contributed by atoms with Crippen molar-refractivity contribution in [1.29, 1.82) is 0 Å². The molecule has 2 saturated carbocycles. The normalized spacial score (nSPS) is 25.8. The molecule has 0 unspecified atom stereocenters. The van der Waals surface area contributed by atoms with Crippen molar-refractivity contribution in [2.45, 2.75) is 50.4 Å². The van der Waals surface area contributed by atoms with Gasteiger partial charge in [-0.25, -0.2) is 4.98 Å². The fourth-order valence-electron chi connectivity index (χ4n) is 4.34. The zero-order valence-corrected chi connectivity index (χ0v) is 15.3. The number of H-pyrrole nitrogens is 1. The van der Waals surface area contributed by atoms with Crippen LogP contribution in [0.1, 0.15) is 61.3 Å². The van der Waals surface area contributed by atoms with E-state index in [1.165, 1.54) is 25.7 Å². The van der Waals surface area contributed by atoms with Crippen LogP contribution in [0.3, 0.4) is 0 Å². The molecule has 3 fully saturated rings. The molecular weight excluding hydrogens is 328 g/mol. The van der Waals surface area contributed by atoms with Crippen LogP contribution >= 0.6 is 0 Å². The lowest BCUT2D eigenvalue weighted by Crippen LogP contribution is -2.29. The zero-order valence-electron chi connectivity index (χ0n) is 15.3. The van der Waals surface area contributed by atoms with Crippen molar-refractivity contribution in [2.24, 2.45) is 18.9 Å². The minimum atomic E-state index is 0.251. The van der Waals surface area contributed by atoms with E-state index in [2.05, 4.69) is 20.2 Å². The third kappa shape index (κ3) is 3.04. The van der Waals surface area contributed by atoms with Gasteiger partial charge in [0.2, 0.25) is 5.91 Å². The summed E-state index contributed by atoms with van der Waals surface area (Å²) in [5.41, 5.74) is 1.11. The number of amides is 1. The highest BCUT2D eigenvalue weighted by Crippen LogP contribution is 2.47. The molecule has 3 aliphatic rings. The van der Waals surface area contributed by atoms with E-state index < -0.39 is 0 Å². The van der Waals surface area contributed by atoms with Crippen molar-refractivity contribution in [2.75, 3.05) is 13.1 Å². The molecule has 7 heteroatoms. The number of hydrogen-bond acceptors (Lipinski definition) is 4. The van der Waals surface area contributed by atoms with E-state index in [0.29, 0.717) is 24.2 Å². The highest BCUT2D eigenvalue weighted by Gasteiger charge is 2.45. The number of rotatable bonds is 6. The molecule has 26 heavy (non-hydrogen) atoms. The Kier molecular flexibility index (Phi) is 3.83. The first kappa shape index (κ1) is 16.0. The highest BCUT2D eigenvalue weighted by atomic mass is 16.2. The monoisotopic (exact) mass is 354 g/mol. The lowest BCUT2D eigenvalue weighted by Gasteiger charge is -2.16. The van der Waals surface area contributed by atoms with Gasteiger partial charge in [-0.05, 0) is 50.0 Å². The van der Waals surface area contributed by atoms with Gasteiger partial charge in [0.25, 0.3) is 0 Å². The molecule has 3 heterocycles. The maximum atomic E-state index is 12.8. The van der Waals surface area contributed by atoms with Crippen LogP contribution in [0.25, 0.3) is 0 Å². The number of aryl methyl sites for hydroxylation is 2. The number of carbonyl (C=O) groups is 1. The first-order valence-corrected chi connectivity index (χ1v) is 9.86. The Morgan fingerprint density at radius 2 is 2.12 bits per heavy atom. The van der Waals surface area contributed by atoms with Crippen LogP contribution in [0.5, 0.6) is 0 Å². The van der Waals surface area contributed by atoms with E-state index in [4.69, 9.17) is 4.98 Å². The van der Waals surface area contributed by atoms with E-state index in [1.54, 1.807) is 6.20 Å². The molecular formula is C19H26N6O. The van der Waals surface area contributed by atoms with Crippen molar-refractivity contribution < 1.29 is 4.79 Å². The summed E-state index contributed by atoms with van der Waals surface area (Å²) in [5, 5.41) is 11.8. The van der Waals surface area contributed by atoms with Crippen molar-refractivity contribution in [1.82, 2.24) is 29.9 Å². The van der Waals surface area contributed by atoms with Gasteiger partial charge in [-0.1, -0.05) is 0 Å². The molecule has 0 spiro atoms. The zero-order chi connectivity index (χ0) is 17.7. The molecule has 7 nitrogen and oxygen atoms in total. The number of aromatic nitrogens is 5. The number of nitrogens with zero attached hydrogens (tertiary/aromatic N) is 5.